The summed E-state index contributed by atoms with van der Waals surface area (Å²) >= 11 is 0. The first-order valence-electron chi connectivity index (χ1n) is 5.29. The average Bonchev–Trinajstić information content (AvgIpc) is 2.14. The van der Waals surface area contributed by atoms with Gasteiger partial charge in [-0.1, -0.05) is 6.92 Å². The van der Waals surface area contributed by atoms with Crippen molar-refractivity contribution < 1.29 is 8.42 Å². The number of nitrogens with one attached hydrogen (secondary N) is 1. The van der Waals surface area contributed by atoms with Gasteiger partial charge >= 0.3 is 0 Å². The molecule has 5 heteroatoms. The Kier molecular flexibility index (Phi) is 2.81. The summed E-state index contributed by atoms with van der Waals surface area (Å²) in [5.41, 5.74) is 0. The fraction of sp³-hybridized carbons (Fsp3) is 1.00. The van der Waals surface area contributed by atoms with Crippen LogP contribution in [-0.4, -0.2) is 56.5 Å². The molecule has 0 aromatic rings. The monoisotopic (exact) mass is 218 g/mol. The fourth-order valence-corrected chi connectivity index (χ4v) is 3.82. The molecule has 1 atom stereocenters. The van der Waals surface area contributed by atoms with Crippen molar-refractivity contribution in [1.29, 1.82) is 0 Å². The smallest absolute Gasteiger partial charge is 0.153 e. The highest BCUT2D eigenvalue weighted by atomic mass is 32.2. The summed E-state index contributed by atoms with van der Waals surface area (Å²) in [6.45, 7) is 5.16. The summed E-state index contributed by atoms with van der Waals surface area (Å²) in [5.74, 6) is 0.757. The predicted octanol–water partition coefficient (Wildman–Crippen LogP) is -0.533. The third-order valence-corrected chi connectivity index (χ3v) is 5.01. The standard InChI is InChI=1S/C9H18N2O2S/c1-2-8-5-10-3-4-11(8)9-6-14(12,13)7-9/h8-10H,2-7H2,1H3. The second-order valence-electron chi connectivity index (χ2n) is 4.23. The van der Waals surface area contributed by atoms with Crippen LogP contribution in [-0.2, 0) is 9.84 Å². The number of sulfone groups is 1. The molecule has 2 aliphatic heterocycles. The van der Waals surface area contributed by atoms with Crippen molar-refractivity contribution in [1.82, 2.24) is 10.2 Å². The van der Waals surface area contributed by atoms with Crippen LogP contribution in [0.3, 0.4) is 0 Å². The number of rotatable bonds is 2. The van der Waals surface area contributed by atoms with Crippen LogP contribution < -0.4 is 5.32 Å². The Balaban J connectivity index is 1.96. The van der Waals surface area contributed by atoms with E-state index in [9.17, 15) is 8.42 Å². The molecular formula is C9H18N2O2S. The molecule has 1 unspecified atom stereocenters. The summed E-state index contributed by atoms with van der Waals surface area (Å²) in [6, 6.07) is 0.830. The van der Waals surface area contributed by atoms with Crippen molar-refractivity contribution in [3.05, 3.63) is 0 Å². The summed E-state index contributed by atoms with van der Waals surface area (Å²) in [4.78, 5) is 2.37. The minimum absolute atomic E-state index is 0.298. The molecule has 82 valence electrons. The third kappa shape index (κ3) is 1.94. The minimum Gasteiger partial charge on any atom is -0.314 e. The number of hydrogen-bond acceptors (Lipinski definition) is 4. The van der Waals surface area contributed by atoms with E-state index in [1.54, 1.807) is 0 Å². The van der Waals surface area contributed by atoms with Gasteiger partial charge in [-0.2, -0.15) is 0 Å². The zero-order chi connectivity index (χ0) is 10.2. The highest BCUT2D eigenvalue weighted by Gasteiger charge is 2.40. The normalized spacial score (nSPS) is 33.9. The van der Waals surface area contributed by atoms with Crippen LogP contribution in [0.4, 0.5) is 0 Å². The van der Waals surface area contributed by atoms with E-state index in [1.807, 2.05) is 0 Å². The van der Waals surface area contributed by atoms with Gasteiger partial charge in [0.2, 0.25) is 0 Å². The van der Waals surface area contributed by atoms with Crippen molar-refractivity contribution in [2.45, 2.75) is 25.4 Å². The topological polar surface area (TPSA) is 49.4 Å². The minimum atomic E-state index is -2.67. The Hall–Kier alpha value is -0.130. The van der Waals surface area contributed by atoms with Crippen LogP contribution in [0.15, 0.2) is 0 Å². The lowest BCUT2D eigenvalue weighted by molar-refractivity contribution is 0.116. The molecule has 4 nitrogen and oxygen atoms in total. The van der Waals surface area contributed by atoms with Crippen LogP contribution in [0.2, 0.25) is 0 Å². The zero-order valence-electron chi connectivity index (χ0n) is 8.57. The fourth-order valence-electron chi connectivity index (χ4n) is 2.37. The summed E-state index contributed by atoms with van der Waals surface area (Å²) in [6.07, 6.45) is 1.10. The second kappa shape index (κ2) is 3.79. The van der Waals surface area contributed by atoms with Gasteiger partial charge in [-0.15, -0.1) is 0 Å². The molecule has 2 heterocycles. The zero-order valence-corrected chi connectivity index (χ0v) is 9.39. The summed E-state index contributed by atoms with van der Waals surface area (Å²) in [5, 5.41) is 3.35. The van der Waals surface area contributed by atoms with Crippen LogP contribution in [0.5, 0.6) is 0 Å². The van der Waals surface area contributed by atoms with Gasteiger partial charge in [-0.3, -0.25) is 4.90 Å². The molecule has 2 fully saturated rings. The molecule has 0 radical (unpaired) electrons. The number of hydrogen-bond donors (Lipinski definition) is 1. The Morgan fingerprint density at radius 1 is 1.43 bits per heavy atom. The summed E-state index contributed by atoms with van der Waals surface area (Å²) in [7, 11) is -2.67. The molecule has 0 amide bonds. The van der Waals surface area contributed by atoms with Crippen molar-refractivity contribution in [2.24, 2.45) is 0 Å². The van der Waals surface area contributed by atoms with Crippen molar-refractivity contribution in [3.63, 3.8) is 0 Å². The number of nitrogens with zero attached hydrogens (tertiary/aromatic N) is 1. The van der Waals surface area contributed by atoms with E-state index >= 15 is 0 Å². The van der Waals surface area contributed by atoms with Crippen molar-refractivity contribution >= 4 is 9.84 Å². The van der Waals surface area contributed by atoms with Gasteiger partial charge in [0, 0.05) is 31.7 Å². The molecule has 2 rings (SSSR count). The van der Waals surface area contributed by atoms with Gasteiger partial charge in [-0.05, 0) is 6.42 Å². The first kappa shape index (κ1) is 10.4. The third-order valence-electron chi connectivity index (χ3n) is 3.23. The first-order chi connectivity index (χ1) is 6.62. The van der Waals surface area contributed by atoms with E-state index in [4.69, 9.17) is 0 Å². The van der Waals surface area contributed by atoms with E-state index in [0.717, 1.165) is 26.1 Å². The Morgan fingerprint density at radius 2 is 2.14 bits per heavy atom. The molecule has 0 aliphatic carbocycles. The van der Waals surface area contributed by atoms with E-state index in [1.165, 1.54) is 0 Å². The van der Waals surface area contributed by atoms with Crippen LogP contribution in [0, 0.1) is 0 Å². The van der Waals surface area contributed by atoms with E-state index in [2.05, 4.69) is 17.1 Å². The van der Waals surface area contributed by atoms with Gasteiger partial charge in [0.05, 0.1) is 11.5 Å². The Morgan fingerprint density at radius 3 is 2.71 bits per heavy atom. The van der Waals surface area contributed by atoms with Gasteiger partial charge in [-0.25, -0.2) is 8.42 Å². The molecule has 0 aromatic heterocycles. The van der Waals surface area contributed by atoms with E-state index in [-0.39, 0.29) is 0 Å². The molecule has 0 bridgehead atoms. The maximum Gasteiger partial charge on any atom is 0.153 e. The van der Waals surface area contributed by atoms with E-state index < -0.39 is 9.84 Å². The van der Waals surface area contributed by atoms with Crippen molar-refractivity contribution in [3.8, 4) is 0 Å². The van der Waals surface area contributed by atoms with Gasteiger partial charge in [0.25, 0.3) is 0 Å². The maximum atomic E-state index is 11.1. The molecule has 1 N–H and O–H groups in total. The first-order valence-corrected chi connectivity index (χ1v) is 7.11. The SMILES string of the molecule is CCC1CNCCN1C1CS(=O)(=O)C1. The Labute approximate surface area is 85.6 Å². The molecule has 0 saturated carbocycles. The molecule has 14 heavy (non-hydrogen) atoms. The van der Waals surface area contributed by atoms with Crippen LogP contribution >= 0.6 is 0 Å². The van der Waals surface area contributed by atoms with Gasteiger partial charge in [0.15, 0.2) is 9.84 Å². The number of piperazine rings is 1. The Bertz CT molecular complexity index is 290. The average molecular weight is 218 g/mol. The van der Waals surface area contributed by atoms with Crippen LogP contribution in [0.1, 0.15) is 13.3 Å². The molecule has 0 spiro atoms. The van der Waals surface area contributed by atoms with Gasteiger partial charge in [0.1, 0.15) is 0 Å². The molecule has 2 saturated heterocycles. The second-order valence-corrected chi connectivity index (χ2v) is 6.39. The lowest BCUT2D eigenvalue weighted by Gasteiger charge is -2.44. The molecule has 2 aliphatic rings. The maximum absolute atomic E-state index is 11.1. The highest BCUT2D eigenvalue weighted by Crippen LogP contribution is 2.21. The quantitative estimate of drug-likeness (QED) is 0.677. The van der Waals surface area contributed by atoms with Crippen molar-refractivity contribution in [2.75, 3.05) is 31.1 Å². The van der Waals surface area contributed by atoms with E-state index in [0.29, 0.717) is 23.6 Å². The predicted molar refractivity (Wildman–Crippen MR) is 56.1 cm³/mol. The lowest BCUT2D eigenvalue weighted by atomic mass is 10.1. The highest BCUT2D eigenvalue weighted by molar-refractivity contribution is 7.92. The summed E-state index contributed by atoms with van der Waals surface area (Å²) < 4.78 is 22.2. The van der Waals surface area contributed by atoms with Gasteiger partial charge < -0.3 is 5.32 Å². The largest absolute Gasteiger partial charge is 0.314 e. The van der Waals surface area contributed by atoms with Crippen LogP contribution in [0.25, 0.3) is 0 Å². The molecular weight excluding hydrogens is 200 g/mol. The molecule has 0 aromatic carbocycles. The lowest BCUT2D eigenvalue weighted by Crippen LogP contribution is -2.62.